The minimum Gasteiger partial charge on any atom is -0.490 e. The van der Waals surface area contributed by atoms with Gasteiger partial charge in [0.1, 0.15) is 11.3 Å². The zero-order valence-corrected chi connectivity index (χ0v) is 22.7. The van der Waals surface area contributed by atoms with Gasteiger partial charge in [-0.2, -0.15) is 9.78 Å². The number of furan rings is 1. The first-order valence-corrected chi connectivity index (χ1v) is 12.9. The van der Waals surface area contributed by atoms with Crippen LogP contribution in [0.4, 0.5) is 5.69 Å². The molecule has 0 aliphatic rings. The van der Waals surface area contributed by atoms with Crippen molar-refractivity contribution in [3.63, 3.8) is 0 Å². The molecule has 5 aromatic rings. The second-order valence-electron chi connectivity index (χ2n) is 9.06. The fourth-order valence-corrected chi connectivity index (χ4v) is 4.32. The summed E-state index contributed by atoms with van der Waals surface area (Å²) in [4.78, 5) is 20.4. The zero-order valence-electron chi connectivity index (χ0n) is 21.1. The number of ether oxygens (including phenoxy) is 1. The highest BCUT2D eigenvalue weighted by molar-refractivity contribution is 9.10. The summed E-state index contributed by atoms with van der Waals surface area (Å²) in [6.07, 6.45) is 2.53. The van der Waals surface area contributed by atoms with Gasteiger partial charge in [-0.05, 0) is 61.9 Å². The van der Waals surface area contributed by atoms with Crippen molar-refractivity contribution < 1.29 is 9.15 Å². The molecular weight excluding hydrogens is 532 g/mol. The molecule has 1 atom stereocenters. The van der Waals surface area contributed by atoms with Crippen LogP contribution in [0.2, 0.25) is 0 Å². The van der Waals surface area contributed by atoms with Crippen LogP contribution in [-0.2, 0) is 0 Å². The van der Waals surface area contributed by atoms with Crippen LogP contribution >= 0.6 is 15.9 Å². The Morgan fingerprint density at radius 2 is 1.95 bits per heavy atom. The maximum Gasteiger partial charge on any atom is 0.282 e. The van der Waals surface area contributed by atoms with E-state index < -0.39 is 0 Å². The number of rotatable bonds is 7. The number of benzene rings is 3. The highest BCUT2D eigenvalue weighted by Crippen LogP contribution is 2.30. The first-order chi connectivity index (χ1) is 17.8. The van der Waals surface area contributed by atoms with Gasteiger partial charge in [0.2, 0.25) is 5.82 Å². The lowest BCUT2D eigenvalue weighted by Gasteiger charge is -2.18. The van der Waals surface area contributed by atoms with Gasteiger partial charge < -0.3 is 14.1 Å². The summed E-state index contributed by atoms with van der Waals surface area (Å²) in [5, 5.41) is 5.98. The second-order valence-corrected chi connectivity index (χ2v) is 9.98. The highest BCUT2D eigenvalue weighted by atomic mass is 79.9. The Morgan fingerprint density at radius 1 is 1.14 bits per heavy atom. The van der Waals surface area contributed by atoms with E-state index in [1.807, 2.05) is 86.6 Å². The average molecular weight is 559 g/mol. The molecule has 2 aromatic heterocycles. The zero-order chi connectivity index (χ0) is 26.1. The van der Waals surface area contributed by atoms with Gasteiger partial charge >= 0.3 is 0 Å². The van der Waals surface area contributed by atoms with Gasteiger partial charge in [-0.25, -0.2) is 4.98 Å². The lowest BCUT2D eigenvalue weighted by molar-refractivity contribution is 0.217. The number of hydrogen-bond acceptors (Lipinski definition) is 6. The topological polar surface area (TPSA) is 72.9 Å². The van der Waals surface area contributed by atoms with Crippen molar-refractivity contribution in [2.75, 3.05) is 19.0 Å². The number of fused-ring (bicyclic) bond motifs is 2. The third-order valence-electron chi connectivity index (χ3n) is 6.18. The van der Waals surface area contributed by atoms with Crippen LogP contribution in [0.25, 0.3) is 33.5 Å². The van der Waals surface area contributed by atoms with E-state index >= 15 is 0 Å². The van der Waals surface area contributed by atoms with Gasteiger partial charge in [-0.15, -0.1) is 0 Å². The molecule has 0 bridgehead atoms. The van der Waals surface area contributed by atoms with E-state index in [4.69, 9.17) is 14.1 Å². The lowest BCUT2D eigenvalue weighted by atomic mass is 10.2. The molecule has 0 fully saturated rings. The van der Waals surface area contributed by atoms with Crippen molar-refractivity contribution in [3.05, 3.63) is 87.1 Å². The molecule has 0 radical (unpaired) electrons. The number of nitrogens with zero attached hydrogens (tertiary/aromatic N) is 4. The predicted octanol–water partition coefficient (Wildman–Crippen LogP) is 6.70. The molecular formula is C29H27BrN4O3. The lowest BCUT2D eigenvalue weighted by Crippen LogP contribution is -2.20. The van der Waals surface area contributed by atoms with Gasteiger partial charge in [-0.1, -0.05) is 35.0 Å². The molecule has 5 rings (SSSR count). The van der Waals surface area contributed by atoms with Gasteiger partial charge in [-0.3, -0.25) is 4.79 Å². The summed E-state index contributed by atoms with van der Waals surface area (Å²) in [7, 11) is 3.96. The molecule has 0 saturated heterocycles. The van der Waals surface area contributed by atoms with Crippen molar-refractivity contribution >= 4 is 49.7 Å². The van der Waals surface area contributed by atoms with E-state index in [9.17, 15) is 4.79 Å². The largest absolute Gasteiger partial charge is 0.490 e. The first kappa shape index (κ1) is 24.8. The Bertz CT molecular complexity index is 1690. The number of anilines is 1. The Kier molecular flexibility index (Phi) is 6.84. The minimum absolute atomic E-state index is 0.0278. The Labute approximate surface area is 223 Å². The van der Waals surface area contributed by atoms with Gasteiger partial charge in [0, 0.05) is 41.3 Å². The molecule has 0 aliphatic carbocycles. The third-order valence-corrected chi connectivity index (χ3v) is 6.67. The summed E-state index contributed by atoms with van der Waals surface area (Å²) in [5.41, 5.74) is 2.75. The number of aromatic nitrogens is 2. The molecule has 0 spiro atoms. The normalized spacial score (nSPS) is 12.5. The van der Waals surface area contributed by atoms with E-state index in [0.717, 1.165) is 27.5 Å². The van der Waals surface area contributed by atoms with Crippen molar-refractivity contribution in [2.45, 2.75) is 26.4 Å². The molecule has 3 aromatic carbocycles. The van der Waals surface area contributed by atoms with E-state index in [0.29, 0.717) is 33.8 Å². The fraction of sp³-hybridized carbons (Fsp3) is 0.207. The van der Waals surface area contributed by atoms with Crippen molar-refractivity contribution in [1.82, 2.24) is 9.66 Å². The molecule has 0 N–H and O–H groups in total. The van der Waals surface area contributed by atoms with Crippen LogP contribution < -0.4 is 15.2 Å². The van der Waals surface area contributed by atoms with Crippen molar-refractivity contribution in [3.8, 4) is 17.3 Å². The fourth-order valence-electron chi connectivity index (χ4n) is 3.94. The summed E-state index contributed by atoms with van der Waals surface area (Å²) in [5.74, 6) is 1.47. The SMILES string of the molecule is CC[C@@H](C)Oc1cc(N(C)C)ccc1C=Nn1c(-c2cc3cc(Br)ccc3o2)nc2ccccc2c1=O. The maximum absolute atomic E-state index is 13.6. The Hall–Kier alpha value is -3.91. The molecule has 0 unspecified atom stereocenters. The summed E-state index contributed by atoms with van der Waals surface area (Å²) < 4.78 is 14.5. The highest BCUT2D eigenvalue weighted by Gasteiger charge is 2.17. The maximum atomic E-state index is 13.6. The smallest absolute Gasteiger partial charge is 0.282 e. The average Bonchev–Trinajstić information content (AvgIpc) is 3.31. The monoisotopic (exact) mass is 558 g/mol. The van der Waals surface area contributed by atoms with Gasteiger partial charge in [0.05, 0.1) is 23.2 Å². The predicted molar refractivity (Wildman–Crippen MR) is 153 cm³/mol. The summed E-state index contributed by atoms with van der Waals surface area (Å²) in [6, 6.07) is 20.7. The van der Waals surface area contributed by atoms with Crippen LogP contribution in [0.3, 0.4) is 0 Å². The molecule has 0 amide bonds. The first-order valence-electron chi connectivity index (χ1n) is 12.1. The Balaban J connectivity index is 1.67. The second kappa shape index (κ2) is 10.2. The van der Waals surface area contributed by atoms with Crippen LogP contribution in [0.15, 0.2) is 85.5 Å². The summed E-state index contributed by atoms with van der Waals surface area (Å²) >= 11 is 3.50. The Morgan fingerprint density at radius 3 is 2.73 bits per heavy atom. The van der Waals surface area contributed by atoms with Crippen molar-refractivity contribution in [1.29, 1.82) is 0 Å². The van der Waals surface area contributed by atoms with E-state index in [1.54, 1.807) is 12.3 Å². The van der Waals surface area contributed by atoms with Crippen LogP contribution in [0, 0.1) is 0 Å². The molecule has 0 aliphatic heterocycles. The van der Waals surface area contributed by atoms with Crippen molar-refractivity contribution in [2.24, 2.45) is 5.10 Å². The van der Waals surface area contributed by atoms with E-state index in [-0.39, 0.29) is 11.7 Å². The molecule has 188 valence electrons. The van der Waals surface area contributed by atoms with E-state index in [2.05, 4.69) is 28.0 Å². The number of halogens is 1. The van der Waals surface area contributed by atoms with Crippen LogP contribution in [0.5, 0.6) is 5.75 Å². The third kappa shape index (κ3) is 5.02. The quantitative estimate of drug-likeness (QED) is 0.208. The number of para-hydroxylation sites is 1. The van der Waals surface area contributed by atoms with Gasteiger partial charge in [0.15, 0.2) is 5.76 Å². The molecule has 8 heteroatoms. The molecule has 2 heterocycles. The van der Waals surface area contributed by atoms with Gasteiger partial charge in [0.25, 0.3) is 5.56 Å². The van der Waals surface area contributed by atoms with Crippen LogP contribution in [-0.4, -0.2) is 36.1 Å². The van der Waals surface area contributed by atoms with E-state index in [1.165, 1.54) is 4.68 Å². The summed E-state index contributed by atoms with van der Waals surface area (Å²) in [6.45, 7) is 4.10. The molecule has 37 heavy (non-hydrogen) atoms. The number of hydrogen-bond donors (Lipinski definition) is 0. The molecule has 0 saturated carbocycles. The van der Waals surface area contributed by atoms with Crippen LogP contribution in [0.1, 0.15) is 25.8 Å². The minimum atomic E-state index is -0.284. The standard InChI is InChI=1S/C29H27BrN4O3/c1-5-18(2)36-26-16-22(33(3)4)12-10-19(26)17-31-34-28(32-24-9-7-6-8-23(24)29(34)35)27-15-20-14-21(30)11-13-25(20)37-27/h6-18H,5H2,1-4H3/t18-/m1/s1. The molecule has 7 nitrogen and oxygen atoms in total.